The molecule has 0 unspecified atom stereocenters. The van der Waals surface area contributed by atoms with Crippen molar-refractivity contribution in [2.24, 2.45) is 5.73 Å². The molecule has 2 N–H and O–H groups in total. The van der Waals surface area contributed by atoms with Gasteiger partial charge < -0.3 is 15.4 Å². The minimum atomic E-state index is -0.446. The number of ether oxygens (including phenoxy) is 1. The second-order valence-corrected chi connectivity index (χ2v) is 6.07. The molecule has 1 saturated heterocycles. The highest BCUT2D eigenvalue weighted by molar-refractivity contribution is 5.86. The summed E-state index contributed by atoms with van der Waals surface area (Å²) in [7, 11) is 1.34. The van der Waals surface area contributed by atoms with Crippen molar-refractivity contribution in [1.82, 2.24) is 19.9 Å². The first-order valence-corrected chi connectivity index (χ1v) is 6.90. The minimum Gasteiger partial charge on any atom is -0.464 e. The van der Waals surface area contributed by atoms with Gasteiger partial charge in [0.25, 0.3) is 0 Å². The van der Waals surface area contributed by atoms with Gasteiger partial charge in [0.05, 0.1) is 19.3 Å². The topological polar surface area (TPSA) is 86.3 Å². The molecule has 0 amide bonds. The van der Waals surface area contributed by atoms with Crippen molar-refractivity contribution < 1.29 is 9.53 Å². The molecule has 0 spiro atoms. The molecule has 21 heavy (non-hydrogen) atoms. The molecule has 2 rings (SSSR count). The molecule has 0 bridgehead atoms. The van der Waals surface area contributed by atoms with E-state index in [-0.39, 0.29) is 29.7 Å². The maximum atomic E-state index is 11.4. The first-order valence-electron chi connectivity index (χ1n) is 6.90. The summed E-state index contributed by atoms with van der Waals surface area (Å²) >= 11 is 0. The maximum Gasteiger partial charge on any atom is 0.360 e. The van der Waals surface area contributed by atoms with Crippen molar-refractivity contribution in [2.45, 2.75) is 38.3 Å². The number of carbonyl (C=O) groups excluding carboxylic acids is 1. The summed E-state index contributed by atoms with van der Waals surface area (Å²) < 4.78 is 6.41. The van der Waals surface area contributed by atoms with E-state index >= 15 is 0 Å². The van der Waals surface area contributed by atoms with Crippen molar-refractivity contribution >= 4 is 18.4 Å². The summed E-state index contributed by atoms with van der Waals surface area (Å²) in [5.41, 5.74) is 6.14. The third kappa shape index (κ3) is 4.94. The fourth-order valence-electron chi connectivity index (χ4n) is 2.57. The van der Waals surface area contributed by atoms with E-state index in [9.17, 15) is 4.79 Å². The number of likely N-dealkylation sites (tertiary alicyclic amines) is 1. The van der Waals surface area contributed by atoms with Gasteiger partial charge in [-0.1, -0.05) is 5.21 Å². The number of piperidine rings is 1. The van der Waals surface area contributed by atoms with E-state index in [4.69, 9.17) is 5.73 Å². The number of nitrogens with zero attached hydrogens (tertiary/aromatic N) is 4. The average Bonchev–Trinajstić information content (AvgIpc) is 2.86. The van der Waals surface area contributed by atoms with Crippen LogP contribution in [-0.4, -0.2) is 58.1 Å². The molecular weight excluding hydrogens is 294 g/mol. The van der Waals surface area contributed by atoms with Gasteiger partial charge in [-0.15, -0.1) is 17.5 Å². The number of esters is 1. The van der Waals surface area contributed by atoms with Gasteiger partial charge in [-0.2, -0.15) is 0 Å². The highest BCUT2D eigenvalue weighted by Gasteiger charge is 2.25. The van der Waals surface area contributed by atoms with Gasteiger partial charge in [0.1, 0.15) is 0 Å². The van der Waals surface area contributed by atoms with Gasteiger partial charge in [-0.3, -0.25) is 0 Å². The number of nitrogens with two attached hydrogens (primary N) is 1. The zero-order chi connectivity index (χ0) is 14.8. The molecular formula is C13H24ClN5O2. The number of aromatic nitrogens is 3. The van der Waals surface area contributed by atoms with E-state index in [1.165, 1.54) is 7.11 Å². The highest BCUT2D eigenvalue weighted by Crippen LogP contribution is 2.22. The largest absolute Gasteiger partial charge is 0.464 e. The fourth-order valence-corrected chi connectivity index (χ4v) is 2.57. The van der Waals surface area contributed by atoms with Gasteiger partial charge in [-0.25, -0.2) is 9.48 Å². The molecule has 0 aliphatic carbocycles. The zero-order valence-corrected chi connectivity index (χ0v) is 13.6. The van der Waals surface area contributed by atoms with Crippen LogP contribution in [0, 0.1) is 0 Å². The number of methoxy groups -OCH3 is 1. The molecule has 0 aromatic carbocycles. The molecule has 1 fully saturated rings. The van der Waals surface area contributed by atoms with Crippen molar-refractivity contribution in [2.75, 3.05) is 26.7 Å². The van der Waals surface area contributed by atoms with Crippen LogP contribution in [0.3, 0.4) is 0 Å². The molecule has 1 aromatic rings. The van der Waals surface area contributed by atoms with Crippen LogP contribution < -0.4 is 5.73 Å². The second kappa shape index (κ2) is 7.20. The summed E-state index contributed by atoms with van der Waals surface area (Å²) in [6.45, 7) is 6.94. The molecule has 8 heteroatoms. The lowest BCUT2D eigenvalue weighted by Crippen LogP contribution is -2.48. The van der Waals surface area contributed by atoms with Crippen LogP contribution in [-0.2, 0) is 4.74 Å². The Morgan fingerprint density at radius 3 is 2.62 bits per heavy atom. The van der Waals surface area contributed by atoms with E-state index in [0.717, 1.165) is 32.5 Å². The van der Waals surface area contributed by atoms with Crippen LogP contribution in [0.2, 0.25) is 0 Å². The number of halogens is 1. The first kappa shape index (κ1) is 17.9. The predicted octanol–water partition coefficient (Wildman–Crippen LogP) is 0.861. The average molecular weight is 318 g/mol. The van der Waals surface area contributed by atoms with Gasteiger partial charge in [0.2, 0.25) is 0 Å². The normalized spacial score (nSPS) is 17.3. The summed E-state index contributed by atoms with van der Waals surface area (Å²) in [6.07, 6.45) is 3.64. The van der Waals surface area contributed by atoms with Crippen LogP contribution in [0.5, 0.6) is 0 Å². The van der Waals surface area contributed by atoms with E-state index < -0.39 is 5.97 Å². The lowest BCUT2D eigenvalue weighted by Gasteiger charge is -2.35. The molecule has 120 valence electrons. The van der Waals surface area contributed by atoms with Crippen molar-refractivity contribution in [3.8, 4) is 0 Å². The van der Waals surface area contributed by atoms with Crippen LogP contribution in [0.25, 0.3) is 0 Å². The Balaban J connectivity index is 0.00000220. The summed E-state index contributed by atoms with van der Waals surface area (Å²) in [6, 6.07) is 0.290. The van der Waals surface area contributed by atoms with Gasteiger partial charge in [0.15, 0.2) is 5.69 Å². The molecule has 0 radical (unpaired) electrons. The Kier molecular flexibility index (Phi) is 6.12. The SMILES string of the molecule is COC(=O)c1cn(C2CCN(CC(C)(C)N)CC2)nn1.Cl. The molecule has 0 saturated carbocycles. The molecule has 1 aromatic heterocycles. The number of hydrogen-bond acceptors (Lipinski definition) is 6. The highest BCUT2D eigenvalue weighted by atomic mass is 35.5. The van der Waals surface area contributed by atoms with E-state index in [0.29, 0.717) is 0 Å². The van der Waals surface area contributed by atoms with Gasteiger partial charge in [-0.05, 0) is 26.7 Å². The standard InChI is InChI=1S/C13H23N5O2.ClH/c1-13(2,14)9-17-6-4-10(5-7-17)18-8-11(15-16-18)12(19)20-3;/h8,10H,4-7,9,14H2,1-3H3;1H. The fraction of sp³-hybridized carbons (Fsp3) is 0.769. The van der Waals surface area contributed by atoms with Gasteiger partial charge >= 0.3 is 5.97 Å². The monoisotopic (exact) mass is 317 g/mol. The number of rotatable bonds is 4. The Morgan fingerprint density at radius 1 is 1.48 bits per heavy atom. The quantitative estimate of drug-likeness (QED) is 0.829. The van der Waals surface area contributed by atoms with Crippen LogP contribution in [0.15, 0.2) is 6.20 Å². The van der Waals surface area contributed by atoms with E-state index in [2.05, 4.69) is 19.9 Å². The summed E-state index contributed by atoms with van der Waals surface area (Å²) in [4.78, 5) is 13.7. The molecule has 7 nitrogen and oxygen atoms in total. The second-order valence-electron chi connectivity index (χ2n) is 6.07. The molecule has 1 aliphatic rings. The minimum absolute atomic E-state index is 0. The number of hydrogen-bond donors (Lipinski definition) is 1. The van der Waals surface area contributed by atoms with Crippen molar-refractivity contribution in [1.29, 1.82) is 0 Å². The van der Waals surface area contributed by atoms with Crippen molar-refractivity contribution in [3.63, 3.8) is 0 Å². The zero-order valence-electron chi connectivity index (χ0n) is 12.8. The summed E-state index contributed by atoms with van der Waals surface area (Å²) in [5, 5.41) is 7.88. The van der Waals surface area contributed by atoms with E-state index in [1.807, 2.05) is 13.8 Å². The Hall–Kier alpha value is -1.18. The first-order chi connectivity index (χ1) is 9.39. The Morgan fingerprint density at radius 2 is 2.10 bits per heavy atom. The van der Waals surface area contributed by atoms with Crippen molar-refractivity contribution in [3.05, 3.63) is 11.9 Å². The Bertz CT molecular complexity index is 463. The smallest absolute Gasteiger partial charge is 0.360 e. The molecule has 1 aliphatic heterocycles. The van der Waals surface area contributed by atoms with Crippen LogP contribution in [0.4, 0.5) is 0 Å². The van der Waals surface area contributed by atoms with Crippen LogP contribution in [0.1, 0.15) is 43.2 Å². The van der Waals surface area contributed by atoms with Crippen LogP contribution >= 0.6 is 12.4 Å². The molecule has 0 atom stereocenters. The maximum absolute atomic E-state index is 11.4. The number of carbonyl (C=O) groups is 1. The lowest BCUT2D eigenvalue weighted by atomic mass is 10.0. The summed E-state index contributed by atoms with van der Waals surface area (Å²) in [5.74, 6) is -0.446. The van der Waals surface area contributed by atoms with Gasteiger partial charge in [0, 0.05) is 25.2 Å². The third-order valence-electron chi connectivity index (χ3n) is 3.47. The Labute approximate surface area is 131 Å². The lowest BCUT2D eigenvalue weighted by molar-refractivity contribution is 0.0594. The van der Waals surface area contributed by atoms with E-state index in [1.54, 1.807) is 10.9 Å². The third-order valence-corrected chi connectivity index (χ3v) is 3.47. The predicted molar refractivity (Wildman–Crippen MR) is 81.6 cm³/mol. The molecule has 2 heterocycles.